The van der Waals surface area contributed by atoms with Crippen LogP contribution in [0.5, 0.6) is 5.75 Å². The van der Waals surface area contributed by atoms with Crippen molar-refractivity contribution in [2.24, 2.45) is 0 Å². The second kappa shape index (κ2) is 7.00. The molecule has 1 aromatic carbocycles. The average molecular weight is 439 g/mol. The Morgan fingerprint density at radius 3 is 2.56 bits per heavy atom. The predicted octanol–water partition coefficient (Wildman–Crippen LogP) is 3.40. The lowest BCUT2D eigenvalue weighted by molar-refractivity contribution is -0.0438. The lowest BCUT2D eigenvalue weighted by Gasteiger charge is -2.13. The molecule has 25 heavy (non-hydrogen) atoms. The molecule has 1 N–H and O–H groups in total. The Morgan fingerprint density at radius 2 is 1.96 bits per heavy atom. The number of alkyl halides is 3. The summed E-state index contributed by atoms with van der Waals surface area (Å²) in [4.78, 5) is 15.6. The number of hydrogen-bond acceptors (Lipinski definition) is 5. The summed E-state index contributed by atoms with van der Waals surface area (Å²) in [6.07, 6.45) is 0.856. The highest BCUT2D eigenvalue weighted by atomic mass is 79.9. The number of ether oxygens (including phenoxy) is 1. The summed E-state index contributed by atoms with van der Waals surface area (Å²) in [6.45, 7) is 0. The van der Waals surface area contributed by atoms with Crippen molar-refractivity contribution < 1.29 is 31.1 Å². The van der Waals surface area contributed by atoms with Crippen LogP contribution >= 0.6 is 15.9 Å². The SMILES string of the molecule is COc1ccc(Br)cc1NC(=O)c1cccnc1S(=O)(=O)C(F)(F)F. The molecule has 134 valence electrons. The number of amides is 1. The normalized spacial score (nSPS) is 11.9. The van der Waals surface area contributed by atoms with E-state index >= 15 is 0 Å². The summed E-state index contributed by atoms with van der Waals surface area (Å²) in [5.41, 5.74) is -6.17. The van der Waals surface area contributed by atoms with Crippen molar-refractivity contribution in [3.8, 4) is 5.75 Å². The number of nitrogens with zero attached hydrogens (tertiary/aromatic N) is 1. The van der Waals surface area contributed by atoms with E-state index in [0.29, 0.717) is 4.47 Å². The number of halogens is 4. The van der Waals surface area contributed by atoms with Gasteiger partial charge in [-0.05, 0) is 30.3 Å². The zero-order chi connectivity index (χ0) is 18.8. The number of pyridine rings is 1. The predicted molar refractivity (Wildman–Crippen MR) is 86.1 cm³/mol. The molecule has 0 aliphatic heterocycles. The molecule has 0 spiro atoms. The number of aromatic nitrogens is 1. The number of rotatable bonds is 4. The fourth-order valence-corrected chi connectivity index (χ4v) is 3.09. The molecule has 0 saturated heterocycles. The van der Waals surface area contributed by atoms with Gasteiger partial charge in [-0.2, -0.15) is 13.2 Å². The summed E-state index contributed by atoms with van der Waals surface area (Å²) in [5.74, 6) is -0.840. The number of benzene rings is 1. The van der Waals surface area contributed by atoms with Crippen molar-refractivity contribution in [1.82, 2.24) is 4.98 Å². The highest BCUT2D eigenvalue weighted by Gasteiger charge is 2.49. The molecule has 6 nitrogen and oxygen atoms in total. The number of methoxy groups -OCH3 is 1. The van der Waals surface area contributed by atoms with Gasteiger partial charge in [0, 0.05) is 10.7 Å². The van der Waals surface area contributed by atoms with Crippen LogP contribution in [0.2, 0.25) is 0 Å². The van der Waals surface area contributed by atoms with E-state index in [4.69, 9.17) is 4.74 Å². The van der Waals surface area contributed by atoms with Gasteiger partial charge in [0.2, 0.25) is 0 Å². The Hall–Kier alpha value is -2.14. The second-order valence-corrected chi connectivity index (χ2v) is 7.38. The fraction of sp³-hybridized carbons (Fsp3) is 0.143. The molecule has 0 fully saturated rings. The van der Waals surface area contributed by atoms with Crippen LogP contribution in [-0.2, 0) is 9.84 Å². The first-order chi connectivity index (χ1) is 11.6. The number of hydrogen-bond donors (Lipinski definition) is 1. The van der Waals surface area contributed by atoms with Crippen LogP contribution in [0.15, 0.2) is 46.0 Å². The Kier molecular flexibility index (Phi) is 5.37. The summed E-state index contributed by atoms with van der Waals surface area (Å²) >= 11 is 3.18. The molecule has 0 atom stereocenters. The van der Waals surface area contributed by atoms with Gasteiger partial charge < -0.3 is 10.1 Å². The van der Waals surface area contributed by atoms with E-state index in [1.165, 1.54) is 19.2 Å². The fourth-order valence-electron chi connectivity index (χ4n) is 1.85. The standard InChI is InChI=1S/C14H10BrF3N2O4S/c1-24-11-5-4-8(15)7-10(11)20-12(21)9-3-2-6-19-13(9)25(22,23)14(16,17)18/h2-7H,1H3,(H,20,21). The second-order valence-electron chi connectivity index (χ2n) is 4.60. The minimum atomic E-state index is -5.78. The van der Waals surface area contributed by atoms with Crippen LogP contribution in [0.25, 0.3) is 0 Å². The molecule has 0 unspecified atom stereocenters. The smallest absolute Gasteiger partial charge is 0.495 e. The van der Waals surface area contributed by atoms with Gasteiger partial charge in [-0.3, -0.25) is 4.79 Å². The van der Waals surface area contributed by atoms with Gasteiger partial charge in [0.05, 0.1) is 18.4 Å². The number of sulfone groups is 1. The van der Waals surface area contributed by atoms with Crippen molar-refractivity contribution in [3.05, 3.63) is 46.6 Å². The molecule has 0 bridgehead atoms. The third kappa shape index (κ3) is 3.93. The van der Waals surface area contributed by atoms with Crippen LogP contribution in [0, 0.1) is 0 Å². The molecule has 1 aromatic heterocycles. The van der Waals surface area contributed by atoms with Gasteiger partial charge >= 0.3 is 5.51 Å². The van der Waals surface area contributed by atoms with Gasteiger partial charge in [0.15, 0.2) is 5.03 Å². The first-order valence-corrected chi connectivity index (χ1v) is 8.77. The van der Waals surface area contributed by atoms with E-state index < -0.39 is 31.8 Å². The van der Waals surface area contributed by atoms with Crippen LogP contribution in [0.4, 0.5) is 18.9 Å². The monoisotopic (exact) mass is 438 g/mol. The van der Waals surface area contributed by atoms with Crippen LogP contribution in [0.1, 0.15) is 10.4 Å². The molecule has 0 radical (unpaired) electrons. The van der Waals surface area contributed by atoms with E-state index in [9.17, 15) is 26.4 Å². The minimum absolute atomic E-state index is 0.140. The number of nitrogens with one attached hydrogen (secondary N) is 1. The van der Waals surface area contributed by atoms with Gasteiger partial charge in [0.25, 0.3) is 15.7 Å². The maximum absolute atomic E-state index is 12.8. The Morgan fingerprint density at radius 1 is 1.28 bits per heavy atom. The summed E-state index contributed by atoms with van der Waals surface area (Å²) in [5, 5.41) is 0.950. The zero-order valence-corrected chi connectivity index (χ0v) is 14.9. The zero-order valence-electron chi connectivity index (χ0n) is 12.5. The first-order valence-electron chi connectivity index (χ1n) is 6.49. The van der Waals surface area contributed by atoms with Gasteiger partial charge in [-0.15, -0.1) is 0 Å². The van der Waals surface area contributed by atoms with Crippen LogP contribution < -0.4 is 10.1 Å². The molecule has 1 heterocycles. The number of carbonyl (C=O) groups is 1. The maximum atomic E-state index is 12.8. The Balaban J connectivity index is 2.48. The molecule has 11 heteroatoms. The third-order valence-electron chi connectivity index (χ3n) is 2.98. The largest absolute Gasteiger partial charge is 0.503 e. The average Bonchev–Trinajstić information content (AvgIpc) is 2.54. The summed E-state index contributed by atoms with van der Waals surface area (Å²) in [7, 11) is -4.44. The lowest BCUT2D eigenvalue weighted by atomic mass is 10.2. The maximum Gasteiger partial charge on any atom is 0.503 e. The highest BCUT2D eigenvalue weighted by Crippen LogP contribution is 2.32. The molecule has 0 saturated carbocycles. The molecule has 0 aliphatic carbocycles. The summed E-state index contributed by atoms with van der Waals surface area (Å²) in [6, 6.07) is 6.67. The molecule has 2 aromatic rings. The third-order valence-corrected chi connectivity index (χ3v) is 4.92. The van der Waals surface area contributed by atoms with E-state index in [2.05, 4.69) is 26.2 Å². The number of carbonyl (C=O) groups excluding carboxylic acids is 1. The molecule has 2 rings (SSSR count). The minimum Gasteiger partial charge on any atom is -0.495 e. The van der Waals surface area contributed by atoms with Gasteiger partial charge in [-0.1, -0.05) is 15.9 Å². The van der Waals surface area contributed by atoms with Gasteiger partial charge in [0.1, 0.15) is 5.75 Å². The lowest BCUT2D eigenvalue weighted by Crippen LogP contribution is -2.27. The van der Waals surface area contributed by atoms with E-state index in [1.54, 1.807) is 6.07 Å². The number of anilines is 1. The van der Waals surface area contributed by atoms with Crippen molar-refractivity contribution in [2.45, 2.75) is 10.5 Å². The Labute approximate surface area is 149 Å². The topological polar surface area (TPSA) is 85.4 Å². The quantitative estimate of drug-likeness (QED) is 0.790. The van der Waals surface area contributed by atoms with Crippen molar-refractivity contribution in [1.29, 1.82) is 0 Å². The van der Waals surface area contributed by atoms with Crippen molar-refractivity contribution >= 4 is 37.4 Å². The summed E-state index contributed by atoms with van der Waals surface area (Å²) < 4.78 is 67.2. The van der Waals surface area contributed by atoms with Crippen molar-refractivity contribution in [2.75, 3.05) is 12.4 Å². The van der Waals surface area contributed by atoms with E-state index in [0.717, 1.165) is 18.3 Å². The molecule has 1 amide bonds. The first kappa shape index (κ1) is 19.2. The molecule has 0 aliphatic rings. The van der Waals surface area contributed by atoms with E-state index in [-0.39, 0.29) is 11.4 Å². The molecular weight excluding hydrogens is 429 g/mol. The Bertz CT molecular complexity index is 917. The highest BCUT2D eigenvalue weighted by molar-refractivity contribution is 9.10. The van der Waals surface area contributed by atoms with Gasteiger partial charge in [-0.25, -0.2) is 13.4 Å². The van der Waals surface area contributed by atoms with Crippen LogP contribution in [0.3, 0.4) is 0 Å². The molecular formula is C14H10BrF3N2O4S. The van der Waals surface area contributed by atoms with Crippen molar-refractivity contribution in [3.63, 3.8) is 0 Å². The van der Waals surface area contributed by atoms with E-state index in [1.807, 2.05) is 0 Å². The van der Waals surface area contributed by atoms with Crippen LogP contribution in [-0.4, -0.2) is 31.9 Å².